The molecule has 0 aliphatic carbocycles. The Morgan fingerprint density at radius 3 is 2.29 bits per heavy atom. The Hall–Kier alpha value is -3.11. The fourth-order valence-electron chi connectivity index (χ4n) is 2.55. The highest BCUT2D eigenvalue weighted by atomic mass is 32.2. The van der Waals surface area contributed by atoms with Crippen molar-refractivity contribution in [2.45, 2.75) is 18.7 Å². The van der Waals surface area contributed by atoms with Gasteiger partial charge in [0.25, 0.3) is 5.91 Å². The molecule has 0 saturated heterocycles. The number of anilines is 1. The van der Waals surface area contributed by atoms with Crippen LogP contribution in [0.3, 0.4) is 0 Å². The van der Waals surface area contributed by atoms with Gasteiger partial charge in [-0.1, -0.05) is 18.9 Å². The van der Waals surface area contributed by atoms with Gasteiger partial charge in [-0.2, -0.15) is 4.31 Å². The van der Waals surface area contributed by atoms with Crippen LogP contribution < -0.4 is 5.32 Å². The zero-order chi connectivity index (χ0) is 20.1. The summed E-state index contributed by atoms with van der Waals surface area (Å²) in [7, 11) is -3.57. The average molecular weight is 401 g/mol. The number of carbonyl (C=O) groups is 1. The summed E-state index contributed by atoms with van der Waals surface area (Å²) < 4.78 is 31.7. The fraction of sp³-hybridized carbons (Fsp3) is 0.222. The van der Waals surface area contributed by atoms with Crippen molar-refractivity contribution < 1.29 is 17.6 Å². The number of benzene rings is 1. The number of nitrogens with one attached hydrogen (secondary N) is 1. The van der Waals surface area contributed by atoms with Crippen LogP contribution in [-0.4, -0.2) is 46.9 Å². The lowest BCUT2D eigenvalue weighted by Gasteiger charge is -2.18. The molecule has 0 bridgehead atoms. The summed E-state index contributed by atoms with van der Waals surface area (Å²) >= 11 is 0. The van der Waals surface area contributed by atoms with E-state index in [2.05, 4.69) is 20.5 Å². The van der Waals surface area contributed by atoms with Gasteiger partial charge in [0.1, 0.15) is 0 Å². The van der Waals surface area contributed by atoms with E-state index in [0.29, 0.717) is 18.7 Å². The molecule has 9 nitrogen and oxygen atoms in total. The molecule has 0 spiro atoms. The van der Waals surface area contributed by atoms with Crippen molar-refractivity contribution in [2.24, 2.45) is 0 Å². The molecule has 10 heteroatoms. The molecule has 1 amide bonds. The van der Waals surface area contributed by atoms with Crippen LogP contribution in [0.5, 0.6) is 0 Å². The summed E-state index contributed by atoms with van der Waals surface area (Å²) in [5, 5.41) is 10.2. The first kappa shape index (κ1) is 19.6. The normalized spacial score (nSPS) is 11.5. The number of pyridine rings is 1. The molecule has 2 aromatic heterocycles. The molecule has 28 heavy (non-hydrogen) atoms. The van der Waals surface area contributed by atoms with E-state index < -0.39 is 15.9 Å². The Balaban J connectivity index is 1.73. The lowest BCUT2D eigenvalue weighted by Crippen LogP contribution is -2.30. The Morgan fingerprint density at radius 2 is 1.68 bits per heavy atom. The minimum atomic E-state index is -3.57. The molecule has 2 heterocycles. The average Bonchev–Trinajstić information content (AvgIpc) is 3.18. The highest BCUT2D eigenvalue weighted by Crippen LogP contribution is 2.20. The Bertz CT molecular complexity index is 1050. The van der Waals surface area contributed by atoms with Crippen LogP contribution in [-0.2, 0) is 10.0 Å². The van der Waals surface area contributed by atoms with Crippen molar-refractivity contribution in [3.05, 3.63) is 54.4 Å². The number of rotatable bonds is 7. The number of hydrogen-bond acceptors (Lipinski definition) is 7. The van der Waals surface area contributed by atoms with Gasteiger partial charge in [0.2, 0.25) is 15.9 Å². The maximum Gasteiger partial charge on any atom is 0.322 e. The van der Waals surface area contributed by atoms with E-state index in [-0.39, 0.29) is 22.4 Å². The lowest BCUT2D eigenvalue weighted by atomic mass is 10.2. The van der Waals surface area contributed by atoms with E-state index in [9.17, 15) is 13.2 Å². The first-order valence-electron chi connectivity index (χ1n) is 8.61. The van der Waals surface area contributed by atoms with Crippen LogP contribution in [0, 0.1) is 0 Å². The van der Waals surface area contributed by atoms with Gasteiger partial charge < -0.3 is 4.42 Å². The van der Waals surface area contributed by atoms with Gasteiger partial charge in [-0.25, -0.2) is 8.42 Å². The molecule has 146 valence electrons. The SMILES string of the molecule is CCN(CC)S(=O)(=O)c1ccc(C(=O)Nc2nnc(-c3ccncc3)o2)cc1. The monoisotopic (exact) mass is 401 g/mol. The van der Waals surface area contributed by atoms with Crippen LogP contribution in [0.15, 0.2) is 58.1 Å². The van der Waals surface area contributed by atoms with Crippen molar-refractivity contribution in [3.63, 3.8) is 0 Å². The lowest BCUT2D eigenvalue weighted by molar-refractivity contribution is 0.102. The predicted octanol–water partition coefficient (Wildman–Crippen LogP) is 2.41. The van der Waals surface area contributed by atoms with E-state index in [4.69, 9.17) is 4.42 Å². The van der Waals surface area contributed by atoms with Crippen molar-refractivity contribution in [2.75, 3.05) is 18.4 Å². The summed E-state index contributed by atoms with van der Waals surface area (Å²) in [5.74, 6) is -0.241. The number of amides is 1. The van der Waals surface area contributed by atoms with Gasteiger partial charge in [0, 0.05) is 36.6 Å². The molecule has 0 aliphatic heterocycles. The number of nitrogens with zero attached hydrogens (tertiary/aromatic N) is 4. The van der Waals surface area contributed by atoms with Crippen molar-refractivity contribution in [1.82, 2.24) is 19.5 Å². The first-order valence-corrected chi connectivity index (χ1v) is 10.0. The van der Waals surface area contributed by atoms with Crippen LogP contribution in [0.1, 0.15) is 24.2 Å². The third kappa shape index (κ3) is 4.07. The summed E-state index contributed by atoms with van der Waals surface area (Å²) in [4.78, 5) is 16.4. The summed E-state index contributed by atoms with van der Waals surface area (Å²) in [5.41, 5.74) is 0.941. The maximum absolute atomic E-state index is 12.5. The first-order chi connectivity index (χ1) is 13.5. The molecule has 0 atom stereocenters. The molecule has 0 aliphatic rings. The number of aromatic nitrogens is 3. The highest BCUT2D eigenvalue weighted by molar-refractivity contribution is 7.89. The topological polar surface area (TPSA) is 118 Å². The Morgan fingerprint density at radius 1 is 1.04 bits per heavy atom. The van der Waals surface area contributed by atoms with Gasteiger partial charge in [0.05, 0.1) is 4.90 Å². The van der Waals surface area contributed by atoms with Gasteiger partial charge in [-0.05, 0) is 36.4 Å². The summed E-state index contributed by atoms with van der Waals surface area (Å²) in [6.07, 6.45) is 3.18. The predicted molar refractivity (Wildman–Crippen MR) is 102 cm³/mol. The molecule has 3 rings (SSSR count). The quantitative estimate of drug-likeness (QED) is 0.646. The molecule has 1 N–H and O–H groups in total. The molecule has 0 saturated carbocycles. The molecule has 0 fully saturated rings. The van der Waals surface area contributed by atoms with Crippen LogP contribution in [0.25, 0.3) is 11.5 Å². The Kier molecular flexibility index (Phi) is 5.81. The molecule has 0 unspecified atom stereocenters. The van der Waals surface area contributed by atoms with Crippen molar-refractivity contribution in [3.8, 4) is 11.5 Å². The van der Waals surface area contributed by atoms with E-state index >= 15 is 0 Å². The van der Waals surface area contributed by atoms with Gasteiger partial charge in [0.15, 0.2) is 0 Å². The number of hydrogen-bond donors (Lipinski definition) is 1. The third-order valence-corrected chi connectivity index (χ3v) is 6.10. The number of sulfonamides is 1. The second-order valence-electron chi connectivity index (χ2n) is 5.72. The van der Waals surface area contributed by atoms with Crippen molar-refractivity contribution in [1.29, 1.82) is 0 Å². The zero-order valence-corrected chi connectivity index (χ0v) is 16.2. The van der Waals surface area contributed by atoms with E-state index in [1.165, 1.54) is 28.6 Å². The third-order valence-electron chi connectivity index (χ3n) is 4.03. The second kappa shape index (κ2) is 8.28. The van der Waals surface area contributed by atoms with Crippen molar-refractivity contribution >= 4 is 21.9 Å². The Labute approximate surface area is 162 Å². The second-order valence-corrected chi connectivity index (χ2v) is 7.65. The van der Waals surface area contributed by atoms with E-state index in [1.54, 1.807) is 38.4 Å². The standard InChI is InChI=1S/C18H19N5O4S/c1-3-23(4-2)28(25,26)15-7-5-13(6-8-15)16(24)20-18-22-21-17(27-18)14-9-11-19-12-10-14/h5-12H,3-4H2,1-2H3,(H,20,22,24). The van der Waals surface area contributed by atoms with E-state index in [0.717, 1.165) is 0 Å². The molecular formula is C18H19N5O4S. The van der Waals surface area contributed by atoms with Gasteiger partial charge >= 0.3 is 6.01 Å². The molecular weight excluding hydrogens is 382 g/mol. The van der Waals surface area contributed by atoms with Crippen LogP contribution in [0.2, 0.25) is 0 Å². The molecule has 1 aromatic carbocycles. The molecule has 3 aromatic rings. The van der Waals surface area contributed by atoms with Gasteiger partial charge in [-0.15, -0.1) is 5.10 Å². The van der Waals surface area contributed by atoms with Crippen LogP contribution >= 0.6 is 0 Å². The van der Waals surface area contributed by atoms with Gasteiger partial charge in [-0.3, -0.25) is 15.1 Å². The maximum atomic E-state index is 12.5. The zero-order valence-electron chi connectivity index (χ0n) is 15.4. The molecule has 0 radical (unpaired) electrons. The minimum absolute atomic E-state index is 0.0587. The minimum Gasteiger partial charge on any atom is -0.403 e. The largest absolute Gasteiger partial charge is 0.403 e. The summed E-state index contributed by atoms with van der Waals surface area (Å²) in [6.45, 7) is 4.29. The highest BCUT2D eigenvalue weighted by Gasteiger charge is 2.22. The number of carbonyl (C=O) groups excluding carboxylic acids is 1. The summed E-state index contributed by atoms with van der Waals surface area (Å²) in [6, 6.07) is 9.02. The van der Waals surface area contributed by atoms with E-state index in [1.807, 2.05) is 0 Å². The van der Waals surface area contributed by atoms with Crippen LogP contribution in [0.4, 0.5) is 6.01 Å². The smallest absolute Gasteiger partial charge is 0.322 e. The fourth-order valence-corrected chi connectivity index (χ4v) is 4.00.